The first-order valence-electron chi connectivity index (χ1n) is 8.08. The van der Waals surface area contributed by atoms with Gasteiger partial charge in [-0.3, -0.25) is 9.59 Å². The van der Waals surface area contributed by atoms with Crippen LogP contribution < -0.4 is 10.6 Å². The van der Waals surface area contributed by atoms with Crippen LogP contribution in [-0.4, -0.2) is 36.1 Å². The highest BCUT2D eigenvalue weighted by Gasteiger charge is 2.46. The van der Waals surface area contributed by atoms with Gasteiger partial charge in [-0.2, -0.15) is 0 Å². The number of amides is 1. The maximum Gasteiger partial charge on any atom is 0.307 e. The first-order valence-corrected chi connectivity index (χ1v) is 8.08. The molecule has 2 aliphatic rings. The summed E-state index contributed by atoms with van der Waals surface area (Å²) in [6.45, 7) is 7.91. The van der Waals surface area contributed by atoms with E-state index in [0.29, 0.717) is 6.42 Å². The summed E-state index contributed by atoms with van der Waals surface area (Å²) in [6, 6.07) is 0.0954. The second-order valence-corrected chi connectivity index (χ2v) is 7.22. The molecule has 1 aliphatic carbocycles. The Hall–Kier alpha value is -1.10. The summed E-state index contributed by atoms with van der Waals surface area (Å²) in [7, 11) is 0. The monoisotopic (exact) mass is 296 g/mol. The van der Waals surface area contributed by atoms with Gasteiger partial charge in [0.1, 0.15) is 0 Å². The fourth-order valence-electron chi connectivity index (χ4n) is 3.83. The molecule has 0 radical (unpaired) electrons. The number of aliphatic carboxylic acids is 1. The van der Waals surface area contributed by atoms with Crippen LogP contribution in [0.5, 0.6) is 0 Å². The van der Waals surface area contributed by atoms with Crippen molar-refractivity contribution in [1.82, 2.24) is 10.6 Å². The standard InChI is InChI=1S/C16H28N2O3/c1-10-13(5-4-12(15(20)21)16(10,2)3)18-14(19)11-6-8-17-9-7-11/h10-13,17H,4-9H2,1-3H3,(H,18,19)(H,20,21). The zero-order chi connectivity index (χ0) is 15.6. The minimum Gasteiger partial charge on any atom is -0.481 e. The third kappa shape index (κ3) is 3.39. The van der Waals surface area contributed by atoms with Crippen molar-refractivity contribution in [2.75, 3.05) is 13.1 Å². The van der Waals surface area contributed by atoms with Crippen LogP contribution in [0.3, 0.4) is 0 Å². The normalized spacial score (nSPS) is 33.4. The number of nitrogens with one attached hydrogen (secondary N) is 2. The molecular weight excluding hydrogens is 268 g/mol. The summed E-state index contributed by atoms with van der Waals surface area (Å²) in [6.07, 6.45) is 3.20. The molecule has 0 aromatic heterocycles. The van der Waals surface area contributed by atoms with E-state index in [1.54, 1.807) is 0 Å². The zero-order valence-corrected chi connectivity index (χ0v) is 13.3. The lowest BCUT2D eigenvalue weighted by Crippen LogP contribution is -2.53. The highest BCUT2D eigenvalue weighted by atomic mass is 16.4. The van der Waals surface area contributed by atoms with Gasteiger partial charge in [-0.25, -0.2) is 0 Å². The lowest BCUT2D eigenvalue weighted by atomic mass is 9.61. The van der Waals surface area contributed by atoms with Crippen molar-refractivity contribution in [1.29, 1.82) is 0 Å². The molecule has 5 nitrogen and oxygen atoms in total. The molecule has 0 aromatic rings. The average Bonchev–Trinajstić information content (AvgIpc) is 2.44. The Morgan fingerprint density at radius 3 is 2.33 bits per heavy atom. The van der Waals surface area contributed by atoms with Crippen molar-refractivity contribution < 1.29 is 14.7 Å². The van der Waals surface area contributed by atoms with Gasteiger partial charge >= 0.3 is 5.97 Å². The zero-order valence-electron chi connectivity index (χ0n) is 13.3. The molecule has 1 amide bonds. The minimum absolute atomic E-state index is 0.0954. The Kier molecular flexibility index (Phi) is 4.91. The Labute approximate surface area is 126 Å². The maximum atomic E-state index is 12.4. The van der Waals surface area contributed by atoms with Crippen molar-refractivity contribution in [3.8, 4) is 0 Å². The summed E-state index contributed by atoms with van der Waals surface area (Å²) < 4.78 is 0. The lowest BCUT2D eigenvalue weighted by Gasteiger charge is -2.46. The molecule has 1 heterocycles. The number of carboxylic acids is 1. The summed E-state index contributed by atoms with van der Waals surface area (Å²) in [5.74, 6) is -0.607. The van der Waals surface area contributed by atoms with Crippen molar-refractivity contribution in [2.24, 2.45) is 23.2 Å². The average molecular weight is 296 g/mol. The highest BCUT2D eigenvalue weighted by Crippen LogP contribution is 2.45. The second kappa shape index (κ2) is 6.34. The summed E-state index contributed by atoms with van der Waals surface area (Å²) in [4.78, 5) is 23.8. The van der Waals surface area contributed by atoms with E-state index in [0.717, 1.165) is 32.4 Å². The number of rotatable bonds is 3. The van der Waals surface area contributed by atoms with Gasteiger partial charge in [0.05, 0.1) is 5.92 Å². The molecule has 2 fully saturated rings. The molecule has 0 bridgehead atoms. The van der Waals surface area contributed by atoms with Crippen LogP contribution in [-0.2, 0) is 9.59 Å². The fourth-order valence-corrected chi connectivity index (χ4v) is 3.83. The van der Waals surface area contributed by atoms with Crippen LogP contribution in [0.4, 0.5) is 0 Å². The number of piperidine rings is 1. The molecule has 120 valence electrons. The largest absolute Gasteiger partial charge is 0.481 e. The smallest absolute Gasteiger partial charge is 0.307 e. The molecule has 1 aliphatic heterocycles. The summed E-state index contributed by atoms with van der Waals surface area (Å²) in [5, 5.41) is 15.8. The first kappa shape index (κ1) is 16.3. The van der Waals surface area contributed by atoms with E-state index in [1.165, 1.54) is 0 Å². The quantitative estimate of drug-likeness (QED) is 0.739. The van der Waals surface area contributed by atoms with E-state index in [2.05, 4.69) is 17.6 Å². The van der Waals surface area contributed by atoms with Gasteiger partial charge in [0, 0.05) is 12.0 Å². The van der Waals surface area contributed by atoms with Crippen LogP contribution in [0.1, 0.15) is 46.5 Å². The van der Waals surface area contributed by atoms with Crippen molar-refractivity contribution in [2.45, 2.75) is 52.5 Å². The number of hydrogen-bond acceptors (Lipinski definition) is 3. The Morgan fingerprint density at radius 2 is 1.76 bits per heavy atom. The van der Waals surface area contributed by atoms with E-state index >= 15 is 0 Å². The predicted octanol–water partition coefficient (Wildman–Crippen LogP) is 1.63. The molecule has 0 aromatic carbocycles. The Balaban J connectivity index is 1.98. The first-order chi connectivity index (χ1) is 9.84. The molecule has 0 spiro atoms. The Morgan fingerprint density at radius 1 is 1.14 bits per heavy atom. The van der Waals surface area contributed by atoms with Crippen LogP contribution in [0.2, 0.25) is 0 Å². The molecule has 3 unspecified atom stereocenters. The molecule has 1 saturated heterocycles. The molecule has 2 rings (SSSR count). The van der Waals surface area contributed by atoms with E-state index in [1.807, 2.05) is 13.8 Å². The lowest BCUT2D eigenvalue weighted by molar-refractivity contribution is -0.150. The minimum atomic E-state index is -0.713. The molecule has 1 saturated carbocycles. The van der Waals surface area contributed by atoms with Crippen molar-refractivity contribution in [3.05, 3.63) is 0 Å². The molecule has 3 atom stereocenters. The highest BCUT2D eigenvalue weighted by molar-refractivity contribution is 5.79. The van der Waals surface area contributed by atoms with Crippen molar-refractivity contribution in [3.63, 3.8) is 0 Å². The number of carboxylic acid groups (broad SMARTS) is 1. The number of hydrogen-bond donors (Lipinski definition) is 3. The second-order valence-electron chi connectivity index (χ2n) is 7.22. The maximum absolute atomic E-state index is 12.4. The van der Waals surface area contributed by atoms with Crippen LogP contribution in [0.15, 0.2) is 0 Å². The molecular formula is C16H28N2O3. The molecule has 21 heavy (non-hydrogen) atoms. The van der Waals surface area contributed by atoms with Gasteiger partial charge in [-0.15, -0.1) is 0 Å². The summed E-state index contributed by atoms with van der Waals surface area (Å²) in [5.41, 5.74) is -0.295. The van der Waals surface area contributed by atoms with Gasteiger partial charge < -0.3 is 15.7 Å². The van der Waals surface area contributed by atoms with E-state index in [-0.39, 0.29) is 35.1 Å². The van der Waals surface area contributed by atoms with Crippen molar-refractivity contribution >= 4 is 11.9 Å². The third-order valence-corrected chi connectivity index (χ3v) is 5.78. The van der Waals surface area contributed by atoms with E-state index in [9.17, 15) is 14.7 Å². The number of carbonyl (C=O) groups is 2. The Bertz CT molecular complexity index is 402. The SMILES string of the molecule is CC1C(NC(=O)C2CCNCC2)CCC(C(=O)O)C1(C)C. The van der Waals surface area contributed by atoms with Gasteiger partial charge in [0.15, 0.2) is 0 Å². The third-order valence-electron chi connectivity index (χ3n) is 5.78. The van der Waals surface area contributed by atoms with Gasteiger partial charge in [-0.05, 0) is 50.1 Å². The molecule has 5 heteroatoms. The van der Waals surface area contributed by atoms with Gasteiger partial charge in [-0.1, -0.05) is 20.8 Å². The fraction of sp³-hybridized carbons (Fsp3) is 0.875. The van der Waals surface area contributed by atoms with Crippen LogP contribution in [0.25, 0.3) is 0 Å². The van der Waals surface area contributed by atoms with E-state index in [4.69, 9.17) is 0 Å². The van der Waals surface area contributed by atoms with Crippen LogP contribution >= 0.6 is 0 Å². The topological polar surface area (TPSA) is 78.4 Å². The summed E-state index contributed by atoms with van der Waals surface area (Å²) >= 11 is 0. The molecule has 3 N–H and O–H groups in total. The van der Waals surface area contributed by atoms with Gasteiger partial charge in [0.25, 0.3) is 0 Å². The van der Waals surface area contributed by atoms with E-state index < -0.39 is 5.97 Å². The van der Waals surface area contributed by atoms with Crippen LogP contribution in [0, 0.1) is 23.2 Å². The predicted molar refractivity (Wildman–Crippen MR) is 80.8 cm³/mol. The number of carbonyl (C=O) groups excluding carboxylic acids is 1. The van der Waals surface area contributed by atoms with Gasteiger partial charge in [0.2, 0.25) is 5.91 Å².